The van der Waals surface area contributed by atoms with Crippen LogP contribution >= 0.6 is 0 Å². The van der Waals surface area contributed by atoms with Crippen molar-refractivity contribution in [3.8, 4) is 11.5 Å². The lowest BCUT2D eigenvalue weighted by Crippen LogP contribution is -2.39. The summed E-state index contributed by atoms with van der Waals surface area (Å²) in [5.74, 6) is 1.93. The van der Waals surface area contributed by atoms with E-state index < -0.39 is 0 Å². The van der Waals surface area contributed by atoms with Crippen LogP contribution < -0.4 is 4.90 Å². The van der Waals surface area contributed by atoms with Gasteiger partial charge >= 0.3 is 0 Å². The van der Waals surface area contributed by atoms with Gasteiger partial charge in [0.15, 0.2) is 0 Å². The highest BCUT2D eigenvalue weighted by Gasteiger charge is 2.22. The zero-order valence-electron chi connectivity index (χ0n) is 16.8. The Morgan fingerprint density at radius 1 is 1.17 bits per heavy atom. The van der Waals surface area contributed by atoms with Crippen LogP contribution in [0.25, 0.3) is 11.5 Å². The SMILES string of the molecule is CCN(Cc1coc(-c2cccc(F)c2)n1)CC1CCN(c2ccccn2)CC1. The number of rotatable bonds is 7. The highest BCUT2D eigenvalue weighted by atomic mass is 19.1. The summed E-state index contributed by atoms with van der Waals surface area (Å²) in [6.45, 7) is 7.03. The van der Waals surface area contributed by atoms with E-state index in [9.17, 15) is 4.39 Å². The third-order valence-corrected chi connectivity index (χ3v) is 5.56. The van der Waals surface area contributed by atoms with Crippen LogP contribution in [0.1, 0.15) is 25.5 Å². The van der Waals surface area contributed by atoms with Crippen molar-refractivity contribution in [1.82, 2.24) is 14.9 Å². The van der Waals surface area contributed by atoms with E-state index >= 15 is 0 Å². The number of oxazole rings is 1. The summed E-state index contributed by atoms with van der Waals surface area (Å²) in [7, 11) is 0. The quantitative estimate of drug-likeness (QED) is 0.585. The third kappa shape index (κ3) is 5.01. The number of anilines is 1. The van der Waals surface area contributed by atoms with Crippen LogP contribution in [-0.4, -0.2) is 41.0 Å². The number of halogens is 1. The van der Waals surface area contributed by atoms with Crippen LogP contribution in [0.4, 0.5) is 10.2 Å². The van der Waals surface area contributed by atoms with Crippen LogP contribution in [0.5, 0.6) is 0 Å². The van der Waals surface area contributed by atoms with Crippen molar-refractivity contribution in [2.24, 2.45) is 5.92 Å². The van der Waals surface area contributed by atoms with Gasteiger partial charge in [-0.3, -0.25) is 4.90 Å². The number of hydrogen-bond acceptors (Lipinski definition) is 5. The van der Waals surface area contributed by atoms with Crippen molar-refractivity contribution in [3.63, 3.8) is 0 Å². The van der Waals surface area contributed by atoms with Gasteiger partial charge in [0.2, 0.25) is 5.89 Å². The van der Waals surface area contributed by atoms with Gasteiger partial charge in [0.25, 0.3) is 0 Å². The van der Waals surface area contributed by atoms with Crippen molar-refractivity contribution in [3.05, 3.63) is 66.4 Å². The molecule has 3 heterocycles. The van der Waals surface area contributed by atoms with E-state index in [1.54, 1.807) is 12.3 Å². The number of hydrogen-bond donors (Lipinski definition) is 0. The Morgan fingerprint density at radius 3 is 2.76 bits per heavy atom. The van der Waals surface area contributed by atoms with E-state index in [2.05, 4.69) is 32.8 Å². The standard InChI is InChI=1S/C23H27FN4O/c1-2-27(15-18-9-12-28(13-10-18)22-8-3-4-11-25-22)16-21-17-29-23(26-21)19-6-5-7-20(24)14-19/h3-8,11,14,17-18H,2,9-10,12-13,15-16H2,1H3. The second-order valence-electron chi connectivity index (χ2n) is 7.60. The molecule has 3 aromatic rings. The molecule has 29 heavy (non-hydrogen) atoms. The maximum absolute atomic E-state index is 13.4. The Balaban J connectivity index is 1.31. The maximum Gasteiger partial charge on any atom is 0.226 e. The number of piperidine rings is 1. The first-order valence-corrected chi connectivity index (χ1v) is 10.3. The van der Waals surface area contributed by atoms with Crippen molar-refractivity contribution >= 4 is 5.82 Å². The molecular weight excluding hydrogens is 367 g/mol. The summed E-state index contributed by atoms with van der Waals surface area (Å²) >= 11 is 0. The molecule has 1 aromatic carbocycles. The average molecular weight is 394 g/mol. The van der Waals surface area contributed by atoms with Crippen LogP contribution in [0.15, 0.2) is 59.3 Å². The molecule has 1 aliphatic heterocycles. The normalized spacial score (nSPS) is 15.2. The van der Waals surface area contributed by atoms with E-state index in [0.717, 1.165) is 44.2 Å². The second kappa shape index (κ2) is 9.18. The van der Waals surface area contributed by atoms with Crippen LogP contribution in [0.3, 0.4) is 0 Å². The molecule has 0 spiro atoms. The summed E-state index contributed by atoms with van der Waals surface area (Å²) < 4.78 is 19.0. The molecule has 2 aromatic heterocycles. The number of benzene rings is 1. The van der Waals surface area contributed by atoms with E-state index in [0.29, 0.717) is 17.4 Å². The van der Waals surface area contributed by atoms with Crippen LogP contribution in [0.2, 0.25) is 0 Å². The van der Waals surface area contributed by atoms with Gasteiger partial charge in [-0.05, 0) is 55.6 Å². The molecule has 1 saturated heterocycles. The fourth-order valence-corrected chi connectivity index (χ4v) is 3.92. The zero-order valence-corrected chi connectivity index (χ0v) is 16.8. The van der Waals surface area contributed by atoms with Gasteiger partial charge in [-0.25, -0.2) is 14.4 Å². The molecule has 6 heteroatoms. The maximum atomic E-state index is 13.4. The van der Waals surface area contributed by atoms with Gasteiger partial charge in [-0.2, -0.15) is 0 Å². The monoisotopic (exact) mass is 394 g/mol. The third-order valence-electron chi connectivity index (χ3n) is 5.56. The minimum absolute atomic E-state index is 0.283. The first kappa shape index (κ1) is 19.6. The molecule has 0 atom stereocenters. The molecule has 0 bridgehead atoms. The van der Waals surface area contributed by atoms with E-state index in [1.165, 1.54) is 25.0 Å². The second-order valence-corrected chi connectivity index (χ2v) is 7.60. The smallest absolute Gasteiger partial charge is 0.226 e. The van der Waals surface area contributed by atoms with E-state index in [1.807, 2.05) is 24.4 Å². The minimum atomic E-state index is -0.283. The highest BCUT2D eigenvalue weighted by Crippen LogP contribution is 2.24. The predicted octanol–water partition coefficient (Wildman–Crippen LogP) is 4.61. The van der Waals surface area contributed by atoms with Crippen molar-refractivity contribution in [2.45, 2.75) is 26.3 Å². The first-order chi connectivity index (χ1) is 14.2. The zero-order chi connectivity index (χ0) is 20.1. The summed E-state index contributed by atoms with van der Waals surface area (Å²) in [6.07, 6.45) is 5.88. The summed E-state index contributed by atoms with van der Waals surface area (Å²) in [6, 6.07) is 12.4. The first-order valence-electron chi connectivity index (χ1n) is 10.3. The molecule has 4 rings (SSSR count). The Hall–Kier alpha value is -2.73. The number of aromatic nitrogens is 2. The molecule has 0 unspecified atom stereocenters. The molecule has 0 radical (unpaired) electrons. The predicted molar refractivity (Wildman–Crippen MR) is 112 cm³/mol. The molecule has 0 N–H and O–H groups in total. The average Bonchev–Trinajstić information content (AvgIpc) is 3.23. The lowest BCUT2D eigenvalue weighted by Gasteiger charge is -2.35. The summed E-state index contributed by atoms with van der Waals surface area (Å²) in [5, 5.41) is 0. The van der Waals surface area contributed by atoms with Crippen LogP contribution in [-0.2, 0) is 6.54 Å². The molecule has 1 fully saturated rings. The van der Waals surface area contributed by atoms with E-state index in [-0.39, 0.29) is 5.82 Å². The number of nitrogens with zero attached hydrogens (tertiary/aromatic N) is 4. The minimum Gasteiger partial charge on any atom is -0.444 e. The lowest BCUT2D eigenvalue weighted by molar-refractivity contribution is 0.211. The molecule has 152 valence electrons. The largest absolute Gasteiger partial charge is 0.444 e. The van der Waals surface area contributed by atoms with E-state index in [4.69, 9.17) is 4.42 Å². The molecular formula is C23H27FN4O. The Morgan fingerprint density at radius 2 is 2.03 bits per heavy atom. The topological polar surface area (TPSA) is 45.4 Å². The highest BCUT2D eigenvalue weighted by molar-refractivity contribution is 5.52. The van der Waals surface area contributed by atoms with Crippen molar-refractivity contribution in [2.75, 3.05) is 31.1 Å². The fraction of sp³-hybridized carbons (Fsp3) is 0.391. The van der Waals surface area contributed by atoms with Crippen molar-refractivity contribution in [1.29, 1.82) is 0 Å². The van der Waals surface area contributed by atoms with Gasteiger partial charge in [0.1, 0.15) is 17.9 Å². The molecule has 0 aliphatic carbocycles. The molecule has 1 aliphatic rings. The summed E-state index contributed by atoms with van der Waals surface area (Å²) in [4.78, 5) is 13.8. The van der Waals surface area contributed by atoms with Gasteiger partial charge in [0, 0.05) is 37.9 Å². The van der Waals surface area contributed by atoms with Gasteiger partial charge in [-0.15, -0.1) is 0 Å². The Labute approximate surface area is 171 Å². The van der Waals surface area contributed by atoms with Gasteiger partial charge < -0.3 is 9.32 Å². The number of pyridine rings is 1. The molecule has 5 nitrogen and oxygen atoms in total. The lowest BCUT2D eigenvalue weighted by atomic mass is 9.96. The fourth-order valence-electron chi connectivity index (χ4n) is 3.92. The van der Waals surface area contributed by atoms with Crippen LogP contribution in [0, 0.1) is 11.7 Å². The van der Waals surface area contributed by atoms with Gasteiger partial charge in [-0.1, -0.05) is 19.1 Å². The van der Waals surface area contributed by atoms with Gasteiger partial charge in [0.05, 0.1) is 5.69 Å². The Bertz CT molecular complexity index is 906. The summed E-state index contributed by atoms with van der Waals surface area (Å²) in [5.41, 5.74) is 1.55. The molecule has 0 saturated carbocycles. The van der Waals surface area contributed by atoms with Crippen molar-refractivity contribution < 1.29 is 8.81 Å². The molecule has 0 amide bonds. The Kier molecular flexibility index (Phi) is 6.20.